The molecule has 5 nitrogen and oxygen atoms in total. The normalized spacial score (nSPS) is 10.5. The lowest BCUT2D eigenvalue weighted by atomic mass is 10.4. The number of hydrogen-bond acceptors (Lipinski definition) is 3. The molecule has 0 spiro atoms. The highest BCUT2D eigenvalue weighted by atomic mass is 16.4. The van der Waals surface area contributed by atoms with Crippen molar-refractivity contribution in [1.82, 2.24) is 14.4 Å². The van der Waals surface area contributed by atoms with Gasteiger partial charge in [-0.05, 0) is 6.92 Å². The van der Waals surface area contributed by atoms with Crippen molar-refractivity contribution in [1.29, 1.82) is 0 Å². The average Bonchev–Trinajstić information content (AvgIpc) is 2.46. The zero-order valence-corrected chi connectivity index (χ0v) is 6.93. The molecule has 0 amide bonds. The van der Waals surface area contributed by atoms with Gasteiger partial charge in [0, 0.05) is 11.8 Å². The first kappa shape index (κ1) is 7.72. The molecule has 0 aliphatic rings. The van der Waals surface area contributed by atoms with Crippen molar-refractivity contribution in [2.24, 2.45) is 0 Å². The lowest BCUT2D eigenvalue weighted by Gasteiger charge is -1.96. The molecule has 5 heteroatoms. The SMILES string of the molecule is Cc1cc2ncc(C(=O)O)n2cn1. The van der Waals surface area contributed by atoms with E-state index in [0.717, 1.165) is 5.69 Å². The van der Waals surface area contributed by atoms with Gasteiger partial charge in [0.25, 0.3) is 0 Å². The van der Waals surface area contributed by atoms with Crippen LogP contribution in [0.15, 0.2) is 18.6 Å². The number of aromatic nitrogens is 3. The second kappa shape index (κ2) is 2.55. The van der Waals surface area contributed by atoms with Gasteiger partial charge in [-0.2, -0.15) is 0 Å². The molecular weight excluding hydrogens is 170 g/mol. The first-order chi connectivity index (χ1) is 6.18. The van der Waals surface area contributed by atoms with Gasteiger partial charge in [0.1, 0.15) is 12.0 Å². The topological polar surface area (TPSA) is 67.5 Å². The molecule has 0 aliphatic carbocycles. The van der Waals surface area contributed by atoms with Crippen LogP contribution < -0.4 is 0 Å². The minimum atomic E-state index is -1.00. The smallest absolute Gasteiger partial charge is 0.354 e. The molecule has 66 valence electrons. The molecule has 2 aromatic heterocycles. The van der Waals surface area contributed by atoms with Gasteiger partial charge in [-0.1, -0.05) is 0 Å². The van der Waals surface area contributed by atoms with Crippen molar-refractivity contribution in [2.45, 2.75) is 6.92 Å². The minimum Gasteiger partial charge on any atom is -0.477 e. The first-order valence-corrected chi connectivity index (χ1v) is 3.71. The monoisotopic (exact) mass is 177 g/mol. The molecule has 0 atom stereocenters. The Morgan fingerprint density at radius 2 is 2.31 bits per heavy atom. The number of aryl methyl sites for hydroxylation is 1. The van der Waals surface area contributed by atoms with E-state index in [9.17, 15) is 4.79 Å². The minimum absolute atomic E-state index is 0.127. The van der Waals surface area contributed by atoms with Crippen LogP contribution in [0.25, 0.3) is 5.65 Å². The Morgan fingerprint density at radius 3 is 3.00 bits per heavy atom. The van der Waals surface area contributed by atoms with Crippen LogP contribution in [0.4, 0.5) is 0 Å². The van der Waals surface area contributed by atoms with E-state index in [1.165, 1.54) is 16.9 Å². The van der Waals surface area contributed by atoms with E-state index in [0.29, 0.717) is 5.65 Å². The zero-order chi connectivity index (χ0) is 9.42. The van der Waals surface area contributed by atoms with Crippen molar-refractivity contribution in [3.05, 3.63) is 30.0 Å². The first-order valence-electron chi connectivity index (χ1n) is 3.71. The van der Waals surface area contributed by atoms with Crippen molar-refractivity contribution in [2.75, 3.05) is 0 Å². The average molecular weight is 177 g/mol. The fourth-order valence-corrected chi connectivity index (χ4v) is 1.13. The number of aromatic carboxylic acids is 1. The summed E-state index contributed by atoms with van der Waals surface area (Å²) in [5, 5.41) is 8.75. The van der Waals surface area contributed by atoms with E-state index in [-0.39, 0.29) is 5.69 Å². The summed E-state index contributed by atoms with van der Waals surface area (Å²) in [6.07, 6.45) is 2.78. The molecule has 0 bridgehead atoms. The molecule has 0 unspecified atom stereocenters. The van der Waals surface area contributed by atoms with Crippen molar-refractivity contribution < 1.29 is 9.90 Å². The lowest BCUT2D eigenvalue weighted by molar-refractivity contribution is 0.0689. The third kappa shape index (κ3) is 1.14. The number of fused-ring (bicyclic) bond motifs is 1. The molecule has 0 saturated heterocycles. The van der Waals surface area contributed by atoms with Gasteiger partial charge in [0.15, 0.2) is 5.69 Å². The van der Waals surface area contributed by atoms with E-state index in [1.54, 1.807) is 6.07 Å². The zero-order valence-electron chi connectivity index (χ0n) is 6.93. The van der Waals surface area contributed by atoms with Crippen molar-refractivity contribution in [3.8, 4) is 0 Å². The van der Waals surface area contributed by atoms with Crippen LogP contribution in [-0.4, -0.2) is 25.4 Å². The maximum atomic E-state index is 10.7. The third-order valence-corrected chi connectivity index (χ3v) is 1.76. The fourth-order valence-electron chi connectivity index (χ4n) is 1.13. The molecule has 2 rings (SSSR count). The maximum Gasteiger partial charge on any atom is 0.354 e. The summed E-state index contributed by atoms with van der Waals surface area (Å²) in [5.41, 5.74) is 1.54. The Bertz CT molecular complexity index is 475. The summed E-state index contributed by atoms with van der Waals surface area (Å²) in [4.78, 5) is 18.6. The largest absolute Gasteiger partial charge is 0.477 e. The summed E-state index contributed by atoms with van der Waals surface area (Å²) in [6.45, 7) is 1.83. The van der Waals surface area contributed by atoms with Crippen LogP contribution in [0.3, 0.4) is 0 Å². The Labute approximate surface area is 73.7 Å². The van der Waals surface area contributed by atoms with Crippen LogP contribution in [0.2, 0.25) is 0 Å². The molecule has 2 aromatic rings. The predicted octanol–water partition coefficient (Wildman–Crippen LogP) is 0.736. The highest BCUT2D eigenvalue weighted by molar-refractivity contribution is 5.86. The van der Waals surface area contributed by atoms with Crippen LogP contribution in [-0.2, 0) is 0 Å². The summed E-state index contributed by atoms with van der Waals surface area (Å²) in [6, 6.07) is 1.73. The van der Waals surface area contributed by atoms with Gasteiger partial charge in [0.05, 0.1) is 6.20 Å². The Hall–Kier alpha value is -1.91. The van der Waals surface area contributed by atoms with Crippen molar-refractivity contribution in [3.63, 3.8) is 0 Å². The number of carbonyl (C=O) groups is 1. The van der Waals surface area contributed by atoms with Crippen LogP contribution in [0.5, 0.6) is 0 Å². The number of carboxylic acids is 1. The number of nitrogens with zero attached hydrogens (tertiary/aromatic N) is 3. The highest BCUT2D eigenvalue weighted by Gasteiger charge is 2.09. The van der Waals surface area contributed by atoms with Gasteiger partial charge < -0.3 is 5.11 Å². The Kier molecular flexibility index (Phi) is 1.51. The molecule has 0 radical (unpaired) electrons. The Morgan fingerprint density at radius 1 is 1.54 bits per heavy atom. The fraction of sp³-hybridized carbons (Fsp3) is 0.125. The number of hydrogen-bond donors (Lipinski definition) is 1. The van der Waals surface area contributed by atoms with Gasteiger partial charge >= 0.3 is 5.97 Å². The Balaban J connectivity index is 2.76. The lowest BCUT2D eigenvalue weighted by Crippen LogP contribution is -2.02. The number of imidazole rings is 1. The number of rotatable bonds is 1. The summed E-state index contributed by atoms with van der Waals surface area (Å²) >= 11 is 0. The summed E-state index contributed by atoms with van der Waals surface area (Å²) in [7, 11) is 0. The second-order valence-electron chi connectivity index (χ2n) is 2.71. The predicted molar refractivity (Wildman–Crippen MR) is 44.7 cm³/mol. The number of carboxylic acid groups (broad SMARTS) is 1. The molecule has 13 heavy (non-hydrogen) atoms. The molecule has 0 aliphatic heterocycles. The molecule has 2 heterocycles. The van der Waals surface area contributed by atoms with Crippen LogP contribution in [0.1, 0.15) is 16.2 Å². The van der Waals surface area contributed by atoms with Crippen LogP contribution >= 0.6 is 0 Å². The van der Waals surface area contributed by atoms with Gasteiger partial charge in [-0.25, -0.2) is 14.8 Å². The highest BCUT2D eigenvalue weighted by Crippen LogP contribution is 2.06. The molecule has 0 aromatic carbocycles. The summed E-state index contributed by atoms with van der Waals surface area (Å²) in [5.74, 6) is -1.00. The quantitative estimate of drug-likeness (QED) is 0.697. The molecule has 0 saturated carbocycles. The maximum absolute atomic E-state index is 10.7. The van der Waals surface area contributed by atoms with Gasteiger partial charge in [0.2, 0.25) is 0 Å². The van der Waals surface area contributed by atoms with Crippen molar-refractivity contribution >= 4 is 11.6 Å². The van der Waals surface area contributed by atoms with E-state index >= 15 is 0 Å². The standard InChI is InChI=1S/C8H7N3O2/c1-5-2-7-9-3-6(8(12)13)11(7)4-10-5/h2-4H,1H3,(H,12,13). The van der Waals surface area contributed by atoms with E-state index in [1.807, 2.05) is 6.92 Å². The van der Waals surface area contributed by atoms with E-state index < -0.39 is 5.97 Å². The van der Waals surface area contributed by atoms with E-state index in [2.05, 4.69) is 9.97 Å². The molecular formula is C8H7N3O2. The molecule has 0 fully saturated rings. The van der Waals surface area contributed by atoms with Gasteiger partial charge in [-0.15, -0.1) is 0 Å². The second-order valence-corrected chi connectivity index (χ2v) is 2.71. The molecule has 1 N–H and O–H groups in total. The van der Waals surface area contributed by atoms with E-state index in [4.69, 9.17) is 5.11 Å². The third-order valence-electron chi connectivity index (χ3n) is 1.76. The summed E-state index contributed by atoms with van der Waals surface area (Å²) < 4.78 is 1.44. The van der Waals surface area contributed by atoms with Gasteiger partial charge in [-0.3, -0.25) is 4.40 Å². The van der Waals surface area contributed by atoms with Crippen LogP contribution in [0, 0.1) is 6.92 Å².